The van der Waals surface area contributed by atoms with Crippen LogP contribution in [0.3, 0.4) is 0 Å². The number of fused-ring (bicyclic) bond motifs is 1. The van der Waals surface area contributed by atoms with Gasteiger partial charge in [-0.25, -0.2) is 0 Å². The van der Waals surface area contributed by atoms with Crippen LogP contribution in [-0.2, 0) is 16.0 Å². The quantitative estimate of drug-likeness (QED) is 0.862. The topological polar surface area (TPSA) is 64.3 Å². The van der Waals surface area contributed by atoms with Crippen molar-refractivity contribution in [1.29, 1.82) is 0 Å². The van der Waals surface area contributed by atoms with E-state index in [4.69, 9.17) is 10.5 Å². The first kappa shape index (κ1) is 13.6. The fourth-order valence-electron chi connectivity index (χ4n) is 3.15. The number of nitrogens with two attached hydrogens (primary N) is 1. The van der Waals surface area contributed by atoms with Crippen molar-refractivity contribution >= 4 is 5.91 Å². The lowest BCUT2D eigenvalue weighted by Crippen LogP contribution is -2.43. The van der Waals surface area contributed by atoms with E-state index in [1.54, 1.807) is 0 Å². The molecule has 20 heavy (non-hydrogen) atoms. The average Bonchev–Trinajstić information content (AvgIpc) is 2.49. The molecule has 1 amide bonds. The Hall–Kier alpha value is -1.39. The van der Waals surface area contributed by atoms with Crippen molar-refractivity contribution in [2.45, 2.75) is 50.3 Å². The fraction of sp³-hybridized carbons (Fsp3) is 0.562. The van der Waals surface area contributed by atoms with Crippen molar-refractivity contribution in [2.75, 3.05) is 6.61 Å². The van der Waals surface area contributed by atoms with E-state index in [2.05, 4.69) is 11.4 Å². The van der Waals surface area contributed by atoms with Crippen LogP contribution in [0.25, 0.3) is 0 Å². The summed E-state index contributed by atoms with van der Waals surface area (Å²) in [6.07, 6.45) is 4.37. The Morgan fingerprint density at radius 3 is 2.75 bits per heavy atom. The van der Waals surface area contributed by atoms with Gasteiger partial charge in [0.15, 0.2) is 6.10 Å². The minimum absolute atomic E-state index is 0.00220. The Balaban J connectivity index is 1.66. The Kier molecular flexibility index (Phi) is 4.03. The summed E-state index contributed by atoms with van der Waals surface area (Å²) in [6.45, 7) is 0.616. The average molecular weight is 274 g/mol. The van der Waals surface area contributed by atoms with Crippen LogP contribution >= 0.6 is 0 Å². The number of hydrogen-bond acceptors (Lipinski definition) is 3. The van der Waals surface area contributed by atoms with Gasteiger partial charge in [-0.15, -0.1) is 0 Å². The zero-order valence-corrected chi connectivity index (χ0v) is 11.7. The van der Waals surface area contributed by atoms with Gasteiger partial charge >= 0.3 is 0 Å². The third-order valence-electron chi connectivity index (χ3n) is 4.35. The summed E-state index contributed by atoms with van der Waals surface area (Å²) in [5.41, 5.74) is 8.14. The van der Waals surface area contributed by atoms with Crippen LogP contribution in [-0.4, -0.2) is 24.6 Å². The second-order valence-corrected chi connectivity index (χ2v) is 5.82. The fourth-order valence-corrected chi connectivity index (χ4v) is 3.15. The van der Waals surface area contributed by atoms with Crippen molar-refractivity contribution in [3.8, 4) is 0 Å². The monoisotopic (exact) mass is 274 g/mol. The second kappa shape index (κ2) is 5.94. The zero-order valence-electron chi connectivity index (χ0n) is 11.7. The van der Waals surface area contributed by atoms with E-state index in [0.29, 0.717) is 12.6 Å². The van der Waals surface area contributed by atoms with Gasteiger partial charge in [0.1, 0.15) is 0 Å². The molecule has 0 bridgehead atoms. The van der Waals surface area contributed by atoms with Gasteiger partial charge in [-0.3, -0.25) is 4.79 Å². The number of ether oxygens (including phenoxy) is 1. The van der Waals surface area contributed by atoms with Gasteiger partial charge in [-0.2, -0.15) is 0 Å². The number of hydrogen-bond donors (Lipinski definition) is 2. The van der Waals surface area contributed by atoms with Crippen molar-refractivity contribution in [2.24, 2.45) is 5.73 Å². The van der Waals surface area contributed by atoms with Gasteiger partial charge in [0.05, 0.1) is 6.61 Å². The van der Waals surface area contributed by atoms with Crippen LogP contribution < -0.4 is 11.1 Å². The van der Waals surface area contributed by atoms with Crippen molar-refractivity contribution in [3.05, 3.63) is 35.4 Å². The highest BCUT2D eigenvalue weighted by atomic mass is 16.5. The summed E-state index contributed by atoms with van der Waals surface area (Å²) in [6, 6.07) is 8.61. The molecule has 0 spiro atoms. The molecule has 0 saturated heterocycles. The molecule has 1 aromatic rings. The molecular weight excluding hydrogens is 252 g/mol. The molecule has 1 saturated carbocycles. The number of rotatable bonds is 2. The highest BCUT2D eigenvalue weighted by Crippen LogP contribution is 2.27. The van der Waals surface area contributed by atoms with Crippen LogP contribution in [0, 0.1) is 0 Å². The first-order valence-corrected chi connectivity index (χ1v) is 7.49. The number of carbonyl (C=O) groups is 1. The number of benzene rings is 1. The van der Waals surface area contributed by atoms with Gasteiger partial charge in [-0.1, -0.05) is 24.3 Å². The SMILES string of the molecule is NC1CCC(NC(=O)C2OCCc3ccccc32)CC1. The van der Waals surface area contributed by atoms with Crippen LogP contribution in [0.2, 0.25) is 0 Å². The number of carbonyl (C=O) groups excluding carboxylic acids is 1. The van der Waals surface area contributed by atoms with Gasteiger partial charge < -0.3 is 15.8 Å². The summed E-state index contributed by atoms with van der Waals surface area (Å²) in [7, 11) is 0. The van der Waals surface area contributed by atoms with Crippen molar-refractivity contribution in [3.63, 3.8) is 0 Å². The molecule has 1 fully saturated rings. The molecule has 4 heteroatoms. The maximum atomic E-state index is 12.4. The summed E-state index contributed by atoms with van der Waals surface area (Å²) < 4.78 is 5.69. The van der Waals surface area contributed by atoms with Crippen LogP contribution in [0.15, 0.2) is 24.3 Å². The number of amides is 1. The first-order chi connectivity index (χ1) is 9.74. The summed E-state index contributed by atoms with van der Waals surface area (Å²) in [4.78, 5) is 12.4. The van der Waals surface area contributed by atoms with E-state index in [9.17, 15) is 4.79 Å². The Morgan fingerprint density at radius 2 is 1.95 bits per heavy atom. The minimum Gasteiger partial charge on any atom is -0.363 e. The first-order valence-electron chi connectivity index (χ1n) is 7.49. The van der Waals surface area contributed by atoms with E-state index < -0.39 is 6.10 Å². The summed E-state index contributed by atoms with van der Waals surface area (Å²) in [5, 5.41) is 3.13. The lowest BCUT2D eigenvalue weighted by Gasteiger charge is -2.30. The largest absolute Gasteiger partial charge is 0.363 e. The molecule has 1 atom stereocenters. The molecule has 1 aliphatic carbocycles. The lowest BCUT2D eigenvalue weighted by molar-refractivity contribution is -0.135. The van der Waals surface area contributed by atoms with E-state index in [0.717, 1.165) is 37.7 Å². The van der Waals surface area contributed by atoms with Gasteiger partial charge in [0.2, 0.25) is 0 Å². The molecule has 1 unspecified atom stereocenters. The molecule has 0 radical (unpaired) electrons. The molecule has 108 valence electrons. The molecule has 3 N–H and O–H groups in total. The van der Waals surface area contributed by atoms with Crippen molar-refractivity contribution in [1.82, 2.24) is 5.32 Å². The third kappa shape index (κ3) is 2.86. The van der Waals surface area contributed by atoms with Gasteiger partial charge in [0, 0.05) is 12.1 Å². The molecule has 1 aromatic carbocycles. The zero-order chi connectivity index (χ0) is 13.9. The molecule has 4 nitrogen and oxygen atoms in total. The molecular formula is C16H22N2O2. The highest BCUT2D eigenvalue weighted by molar-refractivity contribution is 5.83. The predicted octanol–water partition coefficient (Wildman–Crippen LogP) is 1.69. The molecule has 1 heterocycles. The van der Waals surface area contributed by atoms with E-state index >= 15 is 0 Å². The minimum atomic E-state index is -0.449. The van der Waals surface area contributed by atoms with Crippen molar-refractivity contribution < 1.29 is 9.53 Å². The summed E-state index contributed by atoms with van der Waals surface area (Å²) in [5.74, 6) is -0.00220. The standard InChI is InChI=1S/C16H22N2O2/c17-12-5-7-13(8-6-12)18-16(19)15-14-4-2-1-3-11(14)9-10-20-15/h1-4,12-13,15H,5-10,17H2,(H,18,19). The highest BCUT2D eigenvalue weighted by Gasteiger charge is 2.29. The molecule has 3 rings (SSSR count). The van der Waals surface area contributed by atoms with Gasteiger partial charge in [0.25, 0.3) is 5.91 Å². The van der Waals surface area contributed by atoms with E-state index in [1.807, 2.05) is 18.2 Å². The Labute approximate surface area is 119 Å². The smallest absolute Gasteiger partial charge is 0.253 e. The lowest BCUT2D eigenvalue weighted by atomic mass is 9.91. The van der Waals surface area contributed by atoms with Crippen LogP contribution in [0.1, 0.15) is 42.9 Å². The normalized spacial score (nSPS) is 29.6. The van der Waals surface area contributed by atoms with E-state index in [1.165, 1.54) is 5.56 Å². The Bertz CT molecular complexity index is 481. The molecule has 0 aromatic heterocycles. The Morgan fingerprint density at radius 1 is 1.20 bits per heavy atom. The second-order valence-electron chi connectivity index (χ2n) is 5.82. The molecule has 1 aliphatic heterocycles. The third-order valence-corrected chi connectivity index (χ3v) is 4.35. The predicted molar refractivity (Wildman–Crippen MR) is 77.2 cm³/mol. The summed E-state index contributed by atoms with van der Waals surface area (Å²) >= 11 is 0. The molecule has 2 aliphatic rings. The van der Waals surface area contributed by atoms with Gasteiger partial charge in [-0.05, 0) is 43.2 Å². The maximum absolute atomic E-state index is 12.4. The van der Waals surface area contributed by atoms with E-state index in [-0.39, 0.29) is 11.9 Å². The maximum Gasteiger partial charge on any atom is 0.253 e. The number of nitrogens with one attached hydrogen (secondary N) is 1. The van der Waals surface area contributed by atoms with Crippen LogP contribution in [0.4, 0.5) is 0 Å². The van der Waals surface area contributed by atoms with Crippen LogP contribution in [0.5, 0.6) is 0 Å².